The van der Waals surface area contributed by atoms with Crippen LogP contribution < -0.4 is 5.32 Å². The van der Waals surface area contributed by atoms with Crippen LogP contribution in [-0.2, 0) is 4.79 Å². The molecular formula is C17H14BrNO. The normalized spacial score (nSPS) is 15.3. The topological polar surface area (TPSA) is 29.1 Å². The van der Waals surface area contributed by atoms with Crippen molar-refractivity contribution >= 4 is 39.2 Å². The van der Waals surface area contributed by atoms with Crippen molar-refractivity contribution < 1.29 is 4.79 Å². The van der Waals surface area contributed by atoms with Crippen LogP contribution in [0.1, 0.15) is 22.3 Å². The lowest BCUT2D eigenvalue weighted by Crippen LogP contribution is -2.03. The molecule has 20 heavy (non-hydrogen) atoms. The molecule has 1 aliphatic rings. The third-order valence-electron chi connectivity index (χ3n) is 3.61. The fourth-order valence-electron chi connectivity index (χ4n) is 2.32. The second kappa shape index (κ2) is 4.91. The van der Waals surface area contributed by atoms with E-state index in [9.17, 15) is 4.79 Å². The quantitative estimate of drug-likeness (QED) is 0.764. The van der Waals surface area contributed by atoms with Crippen LogP contribution in [0.15, 0.2) is 40.9 Å². The van der Waals surface area contributed by atoms with E-state index in [4.69, 9.17) is 0 Å². The van der Waals surface area contributed by atoms with Gasteiger partial charge >= 0.3 is 0 Å². The molecule has 1 amide bonds. The minimum Gasteiger partial charge on any atom is -0.321 e. The maximum atomic E-state index is 12.1. The van der Waals surface area contributed by atoms with Crippen molar-refractivity contribution in [1.29, 1.82) is 0 Å². The first kappa shape index (κ1) is 13.1. The molecule has 1 N–H and O–H groups in total. The smallest absolute Gasteiger partial charge is 0.256 e. The fourth-order valence-corrected chi connectivity index (χ4v) is 2.69. The first-order valence-corrected chi connectivity index (χ1v) is 7.24. The number of rotatable bonds is 1. The minimum atomic E-state index is -0.0451. The summed E-state index contributed by atoms with van der Waals surface area (Å²) >= 11 is 3.45. The van der Waals surface area contributed by atoms with Crippen molar-refractivity contribution in [2.45, 2.75) is 13.8 Å². The fraction of sp³-hybridized carbons (Fsp3) is 0.118. The van der Waals surface area contributed by atoms with Crippen molar-refractivity contribution in [3.05, 3.63) is 63.1 Å². The Morgan fingerprint density at radius 2 is 1.85 bits per heavy atom. The van der Waals surface area contributed by atoms with E-state index in [1.807, 2.05) is 30.3 Å². The highest BCUT2D eigenvalue weighted by molar-refractivity contribution is 9.10. The standard InChI is InChI=1S/C17H14BrNO/c1-10-3-4-12(7-11(10)2)8-15-14-9-13(18)5-6-16(14)19-17(15)20/h3-9H,1-2H3,(H,19,20). The van der Waals surface area contributed by atoms with Crippen molar-refractivity contribution in [3.8, 4) is 0 Å². The molecule has 0 bridgehead atoms. The van der Waals surface area contributed by atoms with Gasteiger partial charge in [0.1, 0.15) is 0 Å². The molecule has 100 valence electrons. The number of nitrogens with one attached hydrogen (secondary N) is 1. The Kier molecular flexibility index (Phi) is 3.22. The largest absolute Gasteiger partial charge is 0.321 e. The van der Waals surface area contributed by atoms with E-state index in [0.29, 0.717) is 5.57 Å². The second-order valence-electron chi connectivity index (χ2n) is 5.05. The van der Waals surface area contributed by atoms with Crippen molar-refractivity contribution in [3.63, 3.8) is 0 Å². The molecule has 0 atom stereocenters. The van der Waals surface area contributed by atoms with Crippen LogP contribution in [0.3, 0.4) is 0 Å². The summed E-state index contributed by atoms with van der Waals surface area (Å²) in [6.45, 7) is 4.16. The zero-order valence-corrected chi connectivity index (χ0v) is 12.9. The average molecular weight is 328 g/mol. The predicted octanol–water partition coefficient (Wildman–Crippen LogP) is 4.56. The molecule has 0 aromatic heterocycles. The molecule has 2 aromatic rings. The van der Waals surface area contributed by atoms with Gasteiger partial charge in [0, 0.05) is 21.3 Å². The Hall–Kier alpha value is -1.87. The summed E-state index contributed by atoms with van der Waals surface area (Å²) in [5, 5.41) is 2.89. The van der Waals surface area contributed by atoms with Crippen molar-refractivity contribution in [1.82, 2.24) is 0 Å². The first-order valence-electron chi connectivity index (χ1n) is 6.45. The molecule has 0 spiro atoms. The number of anilines is 1. The van der Waals surface area contributed by atoms with Crippen molar-refractivity contribution in [2.24, 2.45) is 0 Å². The van der Waals surface area contributed by atoms with E-state index in [-0.39, 0.29) is 5.91 Å². The summed E-state index contributed by atoms with van der Waals surface area (Å²) in [6.07, 6.45) is 1.94. The highest BCUT2D eigenvalue weighted by Crippen LogP contribution is 2.35. The maximum absolute atomic E-state index is 12.1. The lowest BCUT2D eigenvalue weighted by Gasteiger charge is -2.03. The lowest BCUT2D eigenvalue weighted by molar-refractivity contribution is -0.110. The number of amides is 1. The van der Waals surface area contributed by atoms with Crippen LogP contribution in [0.4, 0.5) is 5.69 Å². The molecule has 3 heteroatoms. The van der Waals surface area contributed by atoms with E-state index < -0.39 is 0 Å². The molecule has 0 radical (unpaired) electrons. The van der Waals surface area contributed by atoms with Crippen LogP contribution in [-0.4, -0.2) is 5.91 Å². The minimum absolute atomic E-state index is 0.0451. The Morgan fingerprint density at radius 3 is 2.60 bits per heavy atom. The molecule has 3 rings (SSSR count). The summed E-state index contributed by atoms with van der Waals surface area (Å²) in [5.41, 5.74) is 6.06. The van der Waals surface area contributed by atoms with Gasteiger partial charge < -0.3 is 5.32 Å². The molecule has 1 aliphatic heterocycles. The SMILES string of the molecule is Cc1ccc(C=C2C(=O)Nc3ccc(Br)cc32)cc1C. The van der Waals surface area contributed by atoms with E-state index >= 15 is 0 Å². The summed E-state index contributed by atoms with van der Waals surface area (Å²) < 4.78 is 0.971. The molecule has 1 heterocycles. The first-order chi connectivity index (χ1) is 9.54. The van der Waals surface area contributed by atoms with E-state index in [2.05, 4.69) is 47.2 Å². The van der Waals surface area contributed by atoms with Gasteiger partial charge in [0.2, 0.25) is 0 Å². The van der Waals surface area contributed by atoms with Gasteiger partial charge in [-0.2, -0.15) is 0 Å². The summed E-state index contributed by atoms with van der Waals surface area (Å²) in [6, 6.07) is 12.0. The number of carbonyl (C=O) groups excluding carboxylic acids is 1. The molecule has 0 fully saturated rings. The Morgan fingerprint density at radius 1 is 1.05 bits per heavy atom. The Bertz CT molecular complexity index is 747. The van der Waals surface area contributed by atoms with Gasteiger partial charge in [-0.1, -0.05) is 34.1 Å². The number of hydrogen-bond donors (Lipinski definition) is 1. The highest BCUT2D eigenvalue weighted by atomic mass is 79.9. The number of halogens is 1. The monoisotopic (exact) mass is 327 g/mol. The second-order valence-corrected chi connectivity index (χ2v) is 5.96. The van der Waals surface area contributed by atoms with Gasteiger partial charge in [0.25, 0.3) is 5.91 Å². The van der Waals surface area contributed by atoms with Crippen molar-refractivity contribution in [2.75, 3.05) is 5.32 Å². The van der Waals surface area contributed by atoms with Gasteiger partial charge in [-0.3, -0.25) is 4.79 Å². The lowest BCUT2D eigenvalue weighted by atomic mass is 10.0. The third-order valence-corrected chi connectivity index (χ3v) is 4.10. The molecule has 0 unspecified atom stereocenters. The summed E-state index contributed by atoms with van der Waals surface area (Å²) in [5.74, 6) is -0.0451. The van der Waals surface area contributed by atoms with Crippen LogP contribution in [0.5, 0.6) is 0 Å². The molecule has 2 nitrogen and oxygen atoms in total. The molecule has 0 aliphatic carbocycles. The van der Waals surface area contributed by atoms with Gasteiger partial charge in [-0.05, 0) is 54.8 Å². The summed E-state index contributed by atoms with van der Waals surface area (Å²) in [4.78, 5) is 12.1. The van der Waals surface area contributed by atoms with Crippen LogP contribution in [0.25, 0.3) is 11.6 Å². The van der Waals surface area contributed by atoms with E-state index in [1.165, 1.54) is 11.1 Å². The number of hydrogen-bond acceptors (Lipinski definition) is 1. The molecule has 2 aromatic carbocycles. The average Bonchev–Trinajstić information content (AvgIpc) is 2.70. The zero-order valence-electron chi connectivity index (χ0n) is 11.3. The Balaban J connectivity index is 2.10. The summed E-state index contributed by atoms with van der Waals surface area (Å²) in [7, 11) is 0. The Labute approximate surface area is 126 Å². The van der Waals surface area contributed by atoms with Gasteiger partial charge in [0.15, 0.2) is 0 Å². The van der Waals surface area contributed by atoms with Crippen LogP contribution >= 0.6 is 15.9 Å². The molecular weight excluding hydrogens is 314 g/mol. The maximum Gasteiger partial charge on any atom is 0.256 e. The van der Waals surface area contributed by atoms with Gasteiger partial charge in [-0.15, -0.1) is 0 Å². The van der Waals surface area contributed by atoms with E-state index in [0.717, 1.165) is 21.3 Å². The van der Waals surface area contributed by atoms with E-state index in [1.54, 1.807) is 0 Å². The molecule has 0 saturated heterocycles. The van der Waals surface area contributed by atoms with Gasteiger partial charge in [0.05, 0.1) is 0 Å². The number of fused-ring (bicyclic) bond motifs is 1. The van der Waals surface area contributed by atoms with Gasteiger partial charge in [-0.25, -0.2) is 0 Å². The third kappa shape index (κ3) is 2.29. The predicted molar refractivity (Wildman–Crippen MR) is 86.6 cm³/mol. The highest BCUT2D eigenvalue weighted by Gasteiger charge is 2.23. The zero-order chi connectivity index (χ0) is 14.3. The van der Waals surface area contributed by atoms with Crippen LogP contribution in [0, 0.1) is 13.8 Å². The van der Waals surface area contributed by atoms with Crippen LogP contribution in [0.2, 0.25) is 0 Å². The number of benzene rings is 2. The number of aryl methyl sites for hydroxylation is 2. The number of carbonyl (C=O) groups is 1. The molecule has 0 saturated carbocycles.